The van der Waals surface area contributed by atoms with Gasteiger partial charge in [0.1, 0.15) is 33.8 Å². The molecule has 0 radical (unpaired) electrons. The van der Waals surface area contributed by atoms with Crippen molar-refractivity contribution in [1.29, 1.82) is 0 Å². The molecule has 1 aliphatic heterocycles. The number of thiazole rings is 1. The monoisotopic (exact) mass is 752 g/mol. The summed E-state index contributed by atoms with van der Waals surface area (Å²) in [4.78, 5) is 53.3. The maximum absolute atomic E-state index is 14.3. The van der Waals surface area contributed by atoms with Gasteiger partial charge in [0.05, 0.1) is 30.2 Å². The van der Waals surface area contributed by atoms with Gasteiger partial charge in [0.2, 0.25) is 11.8 Å². The summed E-state index contributed by atoms with van der Waals surface area (Å²) in [6.45, 7) is 6.55. The second-order valence-corrected chi connectivity index (χ2v) is 17.0. The summed E-state index contributed by atoms with van der Waals surface area (Å²) in [6, 6.07) is 7.41. The Balaban J connectivity index is 1.32. The van der Waals surface area contributed by atoms with Gasteiger partial charge < -0.3 is 19.7 Å². The van der Waals surface area contributed by atoms with E-state index in [1.165, 1.54) is 18.4 Å². The zero-order valence-electron chi connectivity index (χ0n) is 30.5. The van der Waals surface area contributed by atoms with Crippen LogP contribution in [0.15, 0.2) is 41.8 Å². The number of pyridine rings is 1. The Morgan fingerprint density at radius 2 is 1.94 bits per heavy atom. The Labute approximate surface area is 309 Å². The van der Waals surface area contributed by atoms with E-state index in [0.717, 1.165) is 39.7 Å². The molecule has 0 bridgehead atoms. The topological polar surface area (TPSA) is 160 Å². The van der Waals surface area contributed by atoms with Crippen LogP contribution in [0.2, 0.25) is 0 Å². The third-order valence-corrected chi connectivity index (χ3v) is 12.9. The third kappa shape index (κ3) is 7.67. The zero-order chi connectivity index (χ0) is 37.4. The summed E-state index contributed by atoms with van der Waals surface area (Å²) >= 11 is 1.50. The minimum Gasteiger partial charge on any atom is -0.497 e. The molecule has 52 heavy (non-hydrogen) atoms. The molecular weight excluding hydrogens is 705 g/mol. The van der Waals surface area contributed by atoms with Gasteiger partial charge in [0.25, 0.3) is 5.91 Å². The summed E-state index contributed by atoms with van der Waals surface area (Å²) in [5.41, 5.74) is 0.815. The second kappa shape index (κ2) is 15.1. The molecule has 2 fully saturated rings. The highest BCUT2D eigenvalue weighted by Gasteiger charge is 2.62. The maximum Gasteiger partial charge on any atom is 0.303 e. The molecule has 2 saturated carbocycles. The van der Waals surface area contributed by atoms with Crippen molar-refractivity contribution in [1.82, 2.24) is 29.2 Å². The summed E-state index contributed by atoms with van der Waals surface area (Å²) in [6.07, 6.45) is 6.43. The van der Waals surface area contributed by atoms with Gasteiger partial charge in [-0.25, -0.2) is 14.7 Å². The van der Waals surface area contributed by atoms with E-state index in [1.807, 2.05) is 41.8 Å². The molecule has 2 aliphatic carbocycles. The third-order valence-electron chi connectivity index (χ3n) is 10.5. The molecule has 280 valence electrons. The fraction of sp³-hybridized carbons (Fsp3) is 0.541. The van der Waals surface area contributed by atoms with Crippen LogP contribution in [0.1, 0.15) is 70.9 Å². The van der Waals surface area contributed by atoms with Gasteiger partial charge in [-0.15, -0.1) is 11.3 Å². The Morgan fingerprint density at radius 3 is 2.65 bits per heavy atom. The maximum atomic E-state index is 14.3. The largest absolute Gasteiger partial charge is 0.497 e. The Morgan fingerprint density at radius 1 is 1.17 bits per heavy atom. The van der Waals surface area contributed by atoms with E-state index in [9.17, 15) is 22.8 Å². The molecule has 3 amide bonds. The highest BCUT2D eigenvalue weighted by atomic mass is 32.2. The van der Waals surface area contributed by atoms with Crippen LogP contribution in [0.5, 0.6) is 11.5 Å². The Bertz CT molecular complexity index is 1980. The van der Waals surface area contributed by atoms with Crippen molar-refractivity contribution < 1.29 is 32.3 Å². The second-order valence-electron chi connectivity index (χ2n) is 14.4. The van der Waals surface area contributed by atoms with Crippen LogP contribution < -0.4 is 19.5 Å². The molecule has 3 heterocycles. The van der Waals surface area contributed by atoms with Crippen molar-refractivity contribution in [2.24, 2.45) is 17.8 Å². The van der Waals surface area contributed by atoms with E-state index in [2.05, 4.69) is 23.9 Å². The minimum atomic E-state index is -4.11. The predicted molar refractivity (Wildman–Crippen MR) is 199 cm³/mol. The summed E-state index contributed by atoms with van der Waals surface area (Å²) < 4.78 is 41.1. The van der Waals surface area contributed by atoms with Crippen LogP contribution in [0.3, 0.4) is 0 Å². The van der Waals surface area contributed by atoms with Crippen LogP contribution in [0, 0.1) is 17.8 Å². The number of amides is 3. The fourth-order valence-electron chi connectivity index (χ4n) is 7.02. The van der Waals surface area contributed by atoms with Gasteiger partial charge in [-0.05, 0) is 56.6 Å². The normalized spacial score (nSPS) is 26.0. The first-order valence-electron chi connectivity index (χ1n) is 17.9. The van der Waals surface area contributed by atoms with Crippen LogP contribution in [0.25, 0.3) is 21.6 Å². The summed E-state index contributed by atoms with van der Waals surface area (Å²) in [5, 5.41) is 6.45. The molecule has 0 spiro atoms. The molecule has 13 nitrogen and oxygen atoms in total. The van der Waals surface area contributed by atoms with Crippen LogP contribution in [-0.4, -0.2) is 91.2 Å². The number of ether oxygens (including phenoxy) is 2. The van der Waals surface area contributed by atoms with Crippen molar-refractivity contribution in [3.63, 3.8) is 0 Å². The highest BCUT2D eigenvalue weighted by molar-refractivity contribution is 7.87. The highest BCUT2D eigenvalue weighted by Crippen LogP contribution is 2.47. The molecule has 2 aromatic heterocycles. The Hall–Kier alpha value is -4.08. The average molecular weight is 753 g/mol. The van der Waals surface area contributed by atoms with Crippen molar-refractivity contribution in [3.8, 4) is 22.2 Å². The molecule has 5 atom stereocenters. The van der Waals surface area contributed by atoms with E-state index >= 15 is 0 Å². The number of carbonyl (C=O) groups excluding carboxylic acids is 3. The van der Waals surface area contributed by atoms with E-state index in [-0.39, 0.29) is 43.6 Å². The lowest BCUT2D eigenvalue weighted by molar-refractivity contribution is -0.140. The number of carbonyl (C=O) groups is 3. The van der Waals surface area contributed by atoms with Crippen molar-refractivity contribution in [2.75, 3.05) is 34.3 Å². The van der Waals surface area contributed by atoms with Crippen molar-refractivity contribution in [3.05, 3.63) is 47.5 Å². The van der Waals surface area contributed by atoms with Gasteiger partial charge >= 0.3 is 10.2 Å². The number of aromatic nitrogens is 2. The van der Waals surface area contributed by atoms with Crippen molar-refractivity contribution >= 4 is 50.2 Å². The zero-order valence-corrected chi connectivity index (χ0v) is 32.2. The number of benzene rings is 1. The van der Waals surface area contributed by atoms with Gasteiger partial charge in [-0.1, -0.05) is 32.9 Å². The molecule has 6 rings (SSSR count). The fourth-order valence-corrected chi connectivity index (χ4v) is 8.88. The quantitative estimate of drug-likeness (QED) is 0.297. The van der Waals surface area contributed by atoms with Crippen molar-refractivity contribution in [2.45, 2.75) is 76.9 Å². The number of methoxy groups -OCH3 is 1. The molecule has 5 unspecified atom stereocenters. The van der Waals surface area contributed by atoms with Gasteiger partial charge in [-0.3, -0.25) is 14.4 Å². The number of allylic oxidation sites excluding steroid dienone is 1. The molecule has 2 N–H and O–H groups in total. The van der Waals surface area contributed by atoms with Crippen LogP contribution >= 0.6 is 11.3 Å². The van der Waals surface area contributed by atoms with Gasteiger partial charge in [0.15, 0.2) is 0 Å². The summed E-state index contributed by atoms with van der Waals surface area (Å²) in [7, 11) is 0.609. The molecule has 3 aliphatic rings. The smallest absolute Gasteiger partial charge is 0.303 e. The molecule has 3 aromatic rings. The molecule has 15 heteroatoms. The van der Waals surface area contributed by atoms with E-state index in [4.69, 9.17) is 19.4 Å². The lowest BCUT2D eigenvalue weighted by Gasteiger charge is -2.27. The predicted octanol–water partition coefficient (Wildman–Crippen LogP) is 4.65. The molecule has 0 saturated heterocycles. The summed E-state index contributed by atoms with van der Waals surface area (Å²) in [5.74, 6) is -1.89. The standard InChI is InChI=1S/C37H48N6O7S2/c1-7-43(5)52(47,48)41-36(46)37-20-23(37)12-10-8-9-11-15-42(4)35(45)28-17-25(16-27(28)33(44)40-37)50-32-19-30(34-39-31(21-51-34)22(2)3)38-29-18-24(49-6)13-14-26(29)32/h10,12-14,18-19,21-23,25,27-28H,7-9,11,15-17,20H2,1-6H3,(H,40,44)(H,41,46)/b12-10+. The number of nitrogens with one attached hydrogen (secondary N) is 2. The Kier molecular flexibility index (Phi) is 10.9. The number of rotatable bonds is 9. The first-order chi connectivity index (χ1) is 24.8. The first kappa shape index (κ1) is 37.7. The minimum absolute atomic E-state index is 0.161. The molecular formula is C37H48N6O7S2. The van der Waals surface area contributed by atoms with Gasteiger partial charge in [0, 0.05) is 56.0 Å². The number of hydrogen-bond donors (Lipinski definition) is 2. The van der Waals surface area contributed by atoms with Gasteiger partial charge in [-0.2, -0.15) is 12.7 Å². The van der Waals surface area contributed by atoms with E-state index < -0.39 is 45.5 Å². The SMILES string of the molecule is CCN(C)S(=O)(=O)NC(=O)C12CC1/C=C/CCCCN(C)C(=O)C1CC(Oc3cc(-c4nc(C(C)C)cs4)nc4cc(OC)ccc34)CC1C(=O)N2. The number of fused-ring (bicyclic) bond motifs is 3. The van der Waals surface area contributed by atoms with Crippen LogP contribution in [-0.2, 0) is 24.6 Å². The lowest BCUT2D eigenvalue weighted by atomic mass is 9.93. The van der Waals surface area contributed by atoms with E-state index in [1.54, 1.807) is 26.0 Å². The van der Waals surface area contributed by atoms with Crippen LogP contribution in [0.4, 0.5) is 0 Å². The number of hydrogen-bond acceptors (Lipinski definition) is 10. The van der Waals surface area contributed by atoms with E-state index in [0.29, 0.717) is 29.3 Å². The first-order valence-corrected chi connectivity index (χ1v) is 20.2. The average Bonchev–Trinajstić information content (AvgIpc) is 3.42. The number of nitrogens with zero attached hydrogens (tertiary/aromatic N) is 4. The lowest BCUT2D eigenvalue weighted by Crippen LogP contribution is -2.55. The molecule has 1 aromatic carbocycles.